The highest BCUT2D eigenvalue weighted by Gasteiger charge is 2.29. The summed E-state index contributed by atoms with van der Waals surface area (Å²) in [5, 5.41) is 7.11. The van der Waals surface area contributed by atoms with Crippen molar-refractivity contribution < 1.29 is 4.79 Å². The molecule has 0 spiro atoms. The predicted molar refractivity (Wildman–Crippen MR) is 55.7 cm³/mol. The molecule has 1 fully saturated rings. The number of amides is 1. The number of aliphatic imine (C=N–C) groups is 2. The van der Waals surface area contributed by atoms with Crippen LogP contribution in [0.5, 0.6) is 0 Å². The first-order valence-electron chi connectivity index (χ1n) is 4.84. The van der Waals surface area contributed by atoms with Crippen LogP contribution in [0.25, 0.3) is 0 Å². The van der Waals surface area contributed by atoms with Gasteiger partial charge in [0.15, 0.2) is 6.29 Å². The Morgan fingerprint density at radius 1 is 1.60 bits per heavy atom. The van der Waals surface area contributed by atoms with Crippen molar-refractivity contribution in [2.45, 2.75) is 32.1 Å². The van der Waals surface area contributed by atoms with Crippen LogP contribution in [0.15, 0.2) is 9.98 Å². The molecule has 0 aromatic heterocycles. The lowest BCUT2D eigenvalue weighted by atomic mass is 10.5. The van der Waals surface area contributed by atoms with Crippen molar-refractivity contribution in [3.63, 3.8) is 0 Å². The van der Waals surface area contributed by atoms with Gasteiger partial charge in [-0.25, -0.2) is 10.8 Å². The third-order valence-corrected chi connectivity index (χ3v) is 2.30. The second-order valence-electron chi connectivity index (χ2n) is 3.60. The van der Waals surface area contributed by atoms with Crippen molar-refractivity contribution in [3.8, 4) is 0 Å². The van der Waals surface area contributed by atoms with Crippen molar-refractivity contribution >= 4 is 18.2 Å². The van der Waals surface area contributed by atoms with Crippen molar-refractivity contribution in [3.05, 3.63) is 0 Å². The summed E-state index contributed by atoms with van der Waals surface area (Å²) in [7, 11) is 0. The summed E-state index contributed by atoms with van der Waals surface area (Å²) < 4.78 is 0. The molecular formula is C8H14N6O. The van der Waals surface area contributed by atoms with Gasteiger partial charge in [0, 0.05) is 6.04 Å². The van der Waals surface area contributed by atoms with Crippen molar-refractivity contribution in [1.82, 2.24) is 15.6 Å². The van der Waals surface area contributed by atoms with E-state index in [-0.39, 0.29) is 6.29 Å². The fourth-order valence-electron chi connectivity index (χ4n) is 1.30. The minimum absolute atomic E-state index is 0.294. The topological polar surface area (TPSA) is 95.1 Å². The minimum atomic E-state index is -0.336. The Kier molecular flexibility index (Phi) is 2.65. The number of nitrogens with one attached hydrogen (secondary N) is 2. The van der Waals surface area contributed by atoms with Gasteiger partial charge in [0.05, 0.1) is 0 Å². The number of rotatable bonds is 3. The van der Waals surface area contributed by atoms with E-state index in [1.54, 1.807) is 6.92 Å². The lowest BCUT2D eigenvalue weighted by Gasteiger charge is -2.29. The Labute approximate surface area is 87.4 Å². The molecule has 0 radical (unpaired) electrons. The molecule has 1 unspecified atom stereocenters. The Morgan fingerprint density at radius 2 is 2.33 bits per heavy atom. The molecule has 1 amide bonds. The second-order valence-corrected chi connectivity index (χ2v) is 3.60. The standard InChI is InChI=1S/C8H14N6O/c1-5-11-7(10-4-15)13-8(14(5)9)12-6-2-3-6/h4,6,8,12H,2-3,9H2,1H3,(H,10,13,15). The Morgan fingerprint density at radius 3 is 2.93 bits per heavy atom. The fourth-order valence-corrected chi connectivity index (χ4v) is 1.30. The summed E-state index contributed by atoms with van der Waals surface area (Å²) >= 11 is 0. The zero-order chi connectivity index (χ0) is 10.8. The molecule has 7 heteroatoms. The van der Waals surface area contributed by atoms with E-state index in [1.807, 2.05) is 0 Å². The SMILES string of the molecule is CC1=NC(NC=O)=NC(NC2CC2)N1N. The van der Waals surface area contributed by atoms with Gasteiger partial charge in [0.1, 0.15) is 5.84 Å². The van der Waals surface area contributed by atoms with Crippen molar-refractivity contribution in [1.29, 1.82) is 0 Å². The Bertz CT molecular complexity index is 321. The normalized spacial score (nSPS) is 25.7. The highest BCUT2D eigenvalue weighted by atomic mass is 16.1. The van der Waals surface area contributed by atoms with Gasteiger partial charge in [-0.2, -0.15) is 4.99 Å². The number of guanidine groups is 1. The van der Waals surface area contributed by atoms with Gasteiger partial charge in [-0.05, 0) is 19.8 Å². The summed E-state index contributed by atoms with van der Waals surface area (Å²) in [6.45, 7) is 1.77. The average Bonchev–Trinajstić information content (AvgIpc) is 2.98. The molecule has 4 N–H and O–H groups in total. The van der Waals surface area contributed by atoms with Gasteiger partial charge in [0.25, 0.3) is 0 Å². The van der Waals surface area contributed by atoms with Crippen LogP contribution >= 0.6 is 0 Å². The molecule has 7 nitrogen and oxygen atoms in total. The number of hydrogen-bond donors (Lipinski definition) is 3. The molecule has 0 aromatic carbocycles. The van der Waals surface area contributed by atoms with E-state index >= 15 is 0 Å². The molecule has 82 valence electrons. The van der Waals surface area contributed by atoms with E-state index in [0.29, 0.717) is 24.2 Å². The molecule has 1 aliphatic heterocycles. The van der Waals surface area contributed by atoms with Gasteiger partial charge in [-0.1, -0.05) is 0 Å². The Balaban J connectivity index is 2.07. The molecule has 1 heterocycles. The van der Waals surface area contributed by atoms with E-state index < -0.39 is 0 Å². The van der Waals surface area contributed by atoms with Gasteiger partial charge in [0.2, 0.25) is 12.4 Å². The molecule has 0 bridgehead atoms. The van der Waals surface area contributed by atoms with Gasteiger partial charge < -0.3 is 0 Å². The molecule has 2 rings (SSSR count). The molecule has 1 aliphatic carbocycles. The summed E-state index contributed by atoms with van der Waals surface area (Å²) in [5.74, 6) is 6.69. The van der Waals surface area contributed by atoms with Gasteiger partial charge in [-0.15, -0.1) is 0 Å². The molecular weight excluding hydrogens is 196 g/mol. The largest absolute Gasteiger partial charge is 0.297 e. The first-order chi connectivity index (χ1) is 7.20. The van der Waals surface area contributed by atoms with Crippen LogP contribution in [0.4, 0.5) is 0 Å². The van der Waals surface area contributed by atoms with Crippen LogP contribution in [0.1, 0.15) is 19.8 Å². The summed E-state index contributed by atoms with van der Waals surface area (Å²) in [4.78, 5) is 18.5. The fraction of sp³-hybridized carbons (Fsp3) is 0.625. The van der Waals surface area contributed by atoms with E-state index in [4.69, 9.17) is 5.84 Å². The first kappa shape index (κ1) is 10.1. The number of hydrogen-bond acceptors (Lipinski definition) is 6. The molecule has 1 atom stereocenters. The highest BCUT2D eigenvalue weighted by molar-refractivity contribution is 6.00. The van der Waals surface area contributed by atoms with Crippen LogP contribution in [0.3, 0.4) is 0 Å². The van der Waals surface area contributed by atoms with Crippen molar-refractivity contribution in [2.75, 3.05) is 0 Å². The maximum Gasteiger partial charge on any atom is 0.229 e. The first-order valence-corrected chi connectivity index (χ1v) is 4.84. The van der Waals surface area contributed by atoms with Gasteiger partial charge in [-0.3, -0.25) is 20.4 Å². The maximum atomic E-state index is 10.3. The quantitative estimate of drug-likeness (QED) is 0.400. The van der Waals surface area contributed by atoms with Crippen LogP contribution < -0.4 is 16.5 Å². The number of carbonyl (C=O) groups is 1. The third-order valence-electron chi connectivity index (χ3n) is 2.30. The maximum absolute atomic E-state index is 10.3. The number of carbonyl (C=O) groups excluding carboxylic acids is 1. The Hall–Kier alpha value is -1.47. The lowest BCUT2D eigenvalue weighted by molar-refractivity contribution is -0.108. The lowest BCUT2D eigenvalue weighted by Crippen LogP contribution is -2.55. The van der Waals surface area contributed by atoms with Crippen LogP contribution in [-0.4, -0.2) is 35.5 Å². The van der Waals surface area contributed by atoms with E-state index in [0.717, 1.165) is 12.8 Å². The summed E-state index contributed by atoms with van der Waals surface area (Å²) in [6.07, 6.45) is 2.51. The number of amidine groups is 1. The molecule has 1 saturated carbocycles. The average molecular weight is 210 g/mol. The van der Waals surface area contributed by atoms with Crippen LogP contribution in [0, 0.1) is 0 Å². The second kappa shape index (κ2) is 3.95. The van der Waals surface area contributed by atoms with Gasteiger partial charge >= 0.3 is 0 Å². The summed E-state index contributed by atoms with van der Waals surface area (Å²) in [5.41, 5.74) is 0. The molecule has 2 aliphatic rings. The zero-order valence-corrected chi connectivity index (χ0v) is 8.47. The van der Waals surface area contributed by atoms with E-state index in [2.05, 4.69) is 20.6 Å². The highest BCUT2D eigenvalue weighted by Crippen LogP contribution is 2.20. The predicted octanol–water partition coefficient (Wildman–Crippen LogP) is -1.27. The van der Waals surface area contributed by atoms with E-state index in [9.17, 15) is 4.79 Å². The van der Waals surface area contributed by atoms with Crippen LogP contribution in [-0.2, 0) is 4.79 Å². The zero-order valence-electron chi connectivity index (χ0n) is 8.47. The number of nitrogens with zero attached hydrogens (tertiary/aromatic N) is 3. The van der Waals surface area contributed by atoms with E-state index in [1.165, 1.54) is 5.01 Å². The smallest absolute Gasteiger partial charge is 0.229 e. The van der Waals surface area contributed by atoms with Crippen molar-refractivity contribution in [2.24, 2.45) is 15.8 Å². The molecule has 0 aromatic rings. The number of hydrazine groups is 1. The third kappa shape index (κ3) is 2.31. The number of nitrogens with two attached hydrogens (primary N) is 1. The monoisotopic (exact) mass is 210 g/mol. The summed E-state index contributed by atoms with van der Waals surface area (Å²) in [6, 6.07) is 0.480. The molecule has 0 saturated heterocycles. The van der Waals surface area contributed by atoms with Crippen LogP contribution in [0.2, 0.25) is 0 Å². The molecule has 15 heavy (non-hydrogen) atoms. The minimum Gasteiger partial charge on any atom is -0.297 e.